The van der Waals surface area contributed by atoms with Crippen molar-refractivity contribution in [1.29, 1.82) is 0 Å². The Kier molecular flexibility index (Phi) is 9.53. The summed E-state index contributed by atoms with van der Waals surface area (Å²) in [6.45, 7) is 4.91. The maximum Gasteiger partial charge on any atom is 0.227 e. The summed E-state index contributed by atoms with van der Waals surface area (Å²) in [5.41, 5.74) is 6.93. The molecule has 1 fully saturated rings. The van der Waals surface area contributed by atoms with Gasteiger partial charge in [0.15, 0.2) is 0 Å². The van der Waals surface area contributed by atoms with Gasteiger partial charge >= 0.3 is 0 Å². The van der Waals surface area contributed by atoms with Crippen LogP contribution in [0, 0.1) is 5.92 Å². The van der Waals surface area contributed by atoms with Crippen molar-refractivity contribution in [2.45, 2.75) is 32.6 Å². The summed E-state index contributed by atoms with van der Waals surface area (Å²) >= 11 is 0. The number of halogens is 1. The molecule has 1 aliphatic rings. The van der Waals surface area contributed by atoms with Crippen molar-refractivity contribution in [3.05, 3.63) is 35.9 Å². The molecule has 1 aliphatic heterocycles. The highest BCUT2D eigenvalue weighted by Crippen LogP contribution is 2.20. The highest BCUT2D eigenvalue weighted by molar-refractivity contribution is 5.85. The summed E-state index contributed by atoms with van der Waals surface area (Å²) < 4.78 is 0. The molecule has 2 N–H and O–H groups in total. The molecule has 1 atom stereocenters. The molecule has 0 radical (unpaired) electrons. The van der Waals surface area contributed by atoms with E-state index in [0.717, 1.165) is 25.8 Å². The average Bonchev–Trinajstić information content (AvgIpc) is 2.64. The normalized spacial score (nSPS) is 16.9. The van der Waals surface area contributed by atoms with Crippen molar-refractivity contribution >= 4 is 24.2 Å². The number of hydrogen-bond acceptors (Lipinski definition) is 3. The quantitative estimate of drug-likeness (QED) is 0.802. The first kappa shape index (κ1) is 21.5. The van der Waals surface area contributed by atoms with Crippen LogP contribution in [0.15, 0.2) is 30.3 Å². The van der Waals surface area contributed by atoms with Gasteiger partial charge in [-0.05, 0) is 24.8 Å². The fourth-order valence-corrected chi connectivity index (χ4v) is 3.28. The van der Waals surface area contributed by atoms with E-state index >= 15 is 0 Å². The number of hydrogen-bond donors (Lipinski definition) is 1. The van der Waals surface area contributed by atoms with Crippen molar-refractivity contribution in [3.8, 4) is 0 Å². The van der Waals surface area contributed by atoms with Gasteiger partial charge in [-0.3, -0.25) is 9.59 Å². The number of nitrogens with two attached hydrogens (primary N) is 1. The van der Waals surface area contributed by atoms with Crippen molar-refractivity contribution < 1.29 is 9.59 Å². The predicted octanol–water partition coefficient (Wildman–Crippen LogP) is 2.09. The monoisotopic (exact) mass is 367 g/mol. The van der Waals surface area contributed by atoms with Crippen LogP contribution in [0.1, 0.15) is 31.7 Å². The van der Waals surface area contributed by atoms with Crippen LogP contribution in [0.3, 0.4) is 0 Å². The second-order valence-electron chi connectivity index (χ2n) is 6.38. The molecule has 0 aliphatic carbocycles. The minimum Gasteiger partial charge on any atom is -0.342 e. The van der Waals surface area contributed by atoms with Crippen LogP contribution in [-0.4, -0.2) is 54.3 Å². The Hall–Kier alpha value is -1.59. The van der Waals surface area contributed by atoms with Crippen LogP contribution < -0.4 is 5.73 Å². The number of likely N-dealkylation sites (tertiary alicyclic amines) is 1. The minimum absolute atomic E-state index is 0. The third kappa shape index (κ3) is 6.33. The van der Waals surface area contributed by atoms with Gasteiger partial charge in [-0.25, -0.2) is 0 Å². The molecule has 1 saturated heterocycles. The molecular weight excluding hydrogens is 338 g/mol. The number of benzene rings is 1. The fourth-order valence-electron chi connectivity index (χ4n) is 3.28. The van der Waals surface area contributed by atoms with Crippen molar-refractivity contribution in [3.63, 3.8) is 0 Å². The summed E-state index contributed by atoms with van der Waals surface area (Å²) in [5, 5.41) is 0. The van der Waals surface area contributed by atoms with E-state index in [0.29, 0.717) is 32.6 Å². The molecule has 0 spiro atoms. The van der Waals surface area contributed by atoms with E-state index in [2.05, 4.69) is 12.1 Å². The number of amides is 2. The Morgan fingerprint density at radius 1 is 1.24 bits per heavy atom. The lowest BCUT2D eigenvalue weighted by Crippen LogP contribution is -2.48. The smallest absolute Gasteiger partial charge is 0.227 e. The highest BCUT2D eigenvalue weighted by Gasteiger charge is 2.30. The Labute approximate surface area is 157 Å². The maximum atomic E-state index is 12.9. The fraction of sp³-hybridized carbons (Fsp3) is 0.579. The van der Waals surface area contributed by atoms with Crippen molar-refractivity contribution in [1.82, 2.24) is 9.80 Å². The first-order valence-electron chi connectivity index (χ1n) is 8.96. The van der Waals surface area contributed by atoms with Gasteiger partial charge in [0.2, 0.25) is 11.8 Å². The lowest BCUT2D eigenvalue weighted by molar-refractivity contribution is -0.140. The van der Waals surface area contributed by atoms with Gasteiger partial charge in [0.25, 0.3) is 0 Å². The lowest BCUT2D eigenvalue weighted by atomic mass is 9.96. The third-order valence-electron chi connectivity index (χ3n) is 4.65. The highest BCUT2D eigenvalue weighted by atomic mass is 35.5. The molecule has 1 aromatic carbocycles. The number of nitrogens with zero attached hydrogens (tertiary/aromatic N) is 2. The first-order valence-corrected chi connectivity index (χ1v) is 8.96. The second kappa shape index (κ2) is 11.1. The Balaban J connectivity index is 0.00000312. The van der Waals surface area contributed by atoms with Crippen molar-refractivity contribution in [2.24, 2.45) is 11.7 Å². The molecule has 1 heterocycles. The largest absolute Gasteiger partial charge is 0.342 e. The molecule has 6 heteroatoms. The SMILES string of the molecule is CCC(=O)N1CCCC(C(=O)N(CCN)CCc2ccccc2)C1.Cl. The van der Waals surface area contributed by atoms with Gasteiger partial charge in [-0.1, -0.05) is 37.3 Å². The molecule has 0 aromatic heterocycles. The van der Waals surface area contributed by atoms with Crippen LogP contribution in [0.25, 0.3) is 0 Å². The second-order valence-corrected chi connectivity index (χ2v) is 6.38. The lowest BCUT2D eigenvalue weighted by Gasteiger charge is -2.35. The molecule has 0 saturated carbocycles. The molecule has 25 heavy (non-hydrogen) atoms. The van der Waals surface area contributed by atoms with E-state index in [1.807, 2.05) is 34.9 Å². The van der Waals surface area contributed by atoms with E-state index in [4.69, 9.17) is 5.73 Å². The van der Waals surface area contributed by atoms with E-state index in [9.17, 15) is 9.59 Å². The zero-order chi connectivity index (χ0) is 17.4. The summed E-state index contributed by atoms with van der Waals surface area (Å²) in [5.74, 6) is 0.198. The Morgan fingerprint density at radius 2 is 1.96 bits per heavy atom. The van der Waals surface area contributed by atoms with Gasteiger partial charge in [0, 0.05) is 39.1 Å². The third-order valence-corrected chi connectivity index (χ3v) is 4.65. The molecular formula is C19H30ClN3O2. The Bertz CT molecular complexity index is 539. The zero-order valence-corrected chi connectivity index (χ0v) is 15.8. The van der Waals surface area contributed by atoms with E-state index in [-0.39, 0.29) is 30.1 Å². The first-order chi connectivity index (χ1) is 11.7. The average molecular weight is 368 g/mol. The zero-order valence-electron chi connectivity index (χ0n) is 15.0. The molecule has 2 rings (SSSR count). The van der Waals surface area contributed by atoms with Gasteiger partial charge in [0.05, 0.1) is 5.92 Å². The summed E-state index contributed by atoms with van der Waals surface area (Å²) in [6.07, 6.45) is 3.09. The van der Waals surface area contributed by atoms with E-state index in [1.165, 1.54) is 5.56 Å². The molecule has 0 bridgehead atoms. The number of carbonyl (C=O) groups is 2. The van der Waals surface area contributed by atoms with E-state index < -0.39 is 0 Å². The van der Waals surface area contributed by atoms with Crippen LogP contribution >= 0.6 is 12.4 Å². The van der Waals surface area contributed by atoms with Gasteiger partial charge in [-0.2, -0.15) is 0 Å². The van der Waals surface area contributed by atoms with Crippen LogP contribution in [-0.2, 0) is 16.0 Å². The topological polar surface area (TPSA) is 66.6 Å². The summed E-state index contributed by atoms with van der Waals surface area (Å²) in [4.78, 5) is 28.5. The van der Waals surface area contributed by atoms with Gasteiger partial charge < -0.3 is 15.5 Å². The minimum atomic E-state index is -0.0865. The molecule has 5 nitrogen and oxygen atoms in total. The number of carbonyl (C=O) groups excluding carboxylic acids is 2. The van der Waals surface area contributed by atoms with Gasteiger partial charge in [-0.15, -0.1) is 12.4 Å². The number of piperidine rings is 1. The summed E-state index contributed by atoms with van der Waals surface area (Å²) in [7, 11) is 0. The predicted molar refractivity (Wildman–Crippen MR) is 103 cm³/mol. The molecule has 140 valence electrons. The van der Waals surface area contributed by atoms with Crippen LogP contribution in [0.2, 0.25) is 0 Å². The van der Waals surface area contributed by atoms with Crippen LogP contribution in [0.5, 0.6) is 0 Å². The molecule has 1 aromatic rings. The van der Waals surface area contributed by atoms with E-state index in [1.54, 1.807) is 0 Å². The standard InChI is InChI=1S/C19H29N3O2.ClH/c1-2-18(23)22-12-6-9-17(15-22)19(24)21(14-11-20)13-10-16-7-4-3-5-8-16;/h3-5,7-8,17H,2,6,9-15,20H2,1H3;1H. The van der Waals surface area contributed by atoms with Gasteiger partial charge in [0.1, 0.15) is 0 Å². The Morgan fingerprint density at radius 3 is 2.60 bits per heavy atom. The van der Waals surface area contributed by atoms with Crippen molar-refractivity contribution in [2.75, 3.05) is 32.7 Å². The number of rotatable bonds is 7. The maximum absolute atomic E-state index is 12.9. The van der Waals surface area contributed by atoms with Crippen LogP contribution in [0.4, 0.5) is 0 Å². The summed E-state index contributed by atoms with van der Waals surface area (Å²) in [6, 6.07) is 10.2. The molecule has 2 amide bonds. The molecule has 1 unspecified atom stereocenters.